The molecule has 4 rings (SSSR count). The average molecular weight is 252 g/mol. The molecule has 0 fully saturated rings. The van der Waals surface area contributed by atoms with Crippen LogP contribution in [0.5, 0.6) is 0 Å². The Kier molecular flexibility index (Phi) is 2.01. The van der Waals surface area contributed by atoms with Crippen molar-refractivity contribution in [1.82, 2.24) is 4.90 Å². The van der Waals surface area contributed by atoms with Crippen molar-refractivity contribution in [1.29, 1.82) is 0 Å². The van der Waals surface area contributed by atoms with Gasteiger partial charge in [-0.05, 0) is 23.4 Å². The normalized spacial score (nSPS) is 19.9. The standard InChI is InChI=1S/C13H8N4S/c1-2-4-9(5-3-1)11-12-14-7-6-10-15-8-16-13(18-11)17(10)12/h1-8H. The van der Waals surface area contributed by atoms with Gasteiger partial charge in [0.2, 0.25) is 0 Å². The zero-order chi connectivity index (χ0) is 11.9. The van der Waals surface area contributed by atoms with Gasteiger partial charge in [-0.15, -0.1) is 0 Å². The van der Waals surface area contributed by atoms with Crippen LogP contribution in [0.25, 0.3) is 4.91 Å². The third-order valence-electron chi connectivity index (χ3n) is 2.84. The highest BCUT2D eigenvalue weighted by molar-refractivity contribution is 8.22. The molecule has 1 aromatic rings. The number of aliphatic imine (C=N–C) groups is 3. The number of rotatable bonds is 1. The summed E-state index contributed by atoms with van der Waals surface area (Å²) in [5.74, 6) is 1.79. The van der Waals surface area contributed by atoms with Crippen molar-refractivity contribution in [3.8, 4) is 0 Å². The maximum atomic E-state index is 4.46. The van der Waals surface area contributed by atoms with E-state index in [4.69, 9.17) is 0 Å². The summed E-state index contributed by atoms with van der Waals surface area (Å²) in [6.45, 7) is 0. The number of hydrogen-bond acceptors (Lipinski definition) is 5. The highest BCUT2D eigenvalue weighted by Crippen LogP contribution is 2.45. The molecule has 86 valence electrons. The summed E-state index contributed by atoms with van der Waals surface area (Å²) in [4.78, 5) is 16.1. The first-order valence-electron chi connectivity index (χ1n) is 5.56. The number of hydrogen-bond donors (Lipinski definition) is 0. The van der Waals surface area contributed by atoms with E-state index in [0.717, 1.165) is 27.3 Å². The summed E-state index contributed by atoms with van der Waals surface area (Å²) >= 11 is 1.63. The van der Waals surface area contributed by atoms with Gasteiger partial charge in [-0.1, -0.05) is 30.3 Å². The molecule has 0 atom stereocenters. The molecule has 5 heteroatoms. The number of thioether (sulfide) groups is 1. The van der Waals surface area contributed by atoms with Crippen molar-refractivity contribution in [2.45, 2.75) is 0 Å². The molecule has 0 unspecified atom stereocenters. The van der Waals surface area contributed by atoms with Gasteiger partial charge in [-0.3, -0.25) is 4.90 Å². The first-order valence-corrected chi connectivity index (χ1v) is 6.37. The molecule has 0 bridgehead atoms. The van der Waals surface area contributed by atoms with E-state index in [2.05, 4.69) is 27.1 Å². The summed E-state index contributed by atoms with van der Waals surface area (Å²) in [5.41, 5.74) is 1.16. The van der Waals surface area contributed by atoms with E-state index in [0.29, 0.717) is 0 Å². The quantitative estimate of drug-likeness (QED) is 0.771. The van der Waals surface area contributed by atoms with Crippen LogP contribution in [0.3, 0.4) is 0 Å². The number of nitrogens with zero attached hydrogens (tertiary/aromatic N) is 4. The van der Waals surface area contributed by atoms with Crippen LogP contribution in [-0.4, -0.2) is 22.6 Å². The average Bonchev–Trinajstić information content (AvgIpc) is 2.82. The highest BCUT2D eigenvalue weighted by atomic mass is 32.2. The maximum absolute atomic E-state index is 4.46. The lowest BCUT2D eigenvalue weighted by Gasteiger charge is -2.23. The van der Waals surface area contributed by atoms with Crippen molar-refractivity contribution in [2.24, 2.45) is 15.0 Å². The molecule has 1 aromatic carbocycles. The second kappa shape index (κ2) is 3.68. The molecule has 0 amide bonds. The van der Waals surface area contributed by atoms with Gasteiger partial charge in [-0.25, -0.2) is 15.0 Å². The van der Waals surface area contributed by atoms with Crippen LogP contribution in [0, 0.1) is 0 Å². The number of allylic oxidation sites excluding steroid dienone is 1. The Labute approximate surface area is 108 Å². The summed E-state index contributed by atoms with van der Waals surface area (Å²) in [5, 5.41) is 0.918. The summed E-state index contributed by atoms with van der Waals surface area (Å²) in [6.07, 6.45) is 5.27. The summed E-state index contributed by atoms with van der Waals surface area (Å²) in [7, 11) is 0. The molecule has 0 saturated heterocycles. The van der Waals surface area contributed by atoms with E-state index in [1.165, 1.54) is 0 Å². The predicted octanol–water partition coefficient (Wildman–Crippen LogP) is 2.69. The molecule has 0 saturated carbocycles. The molecule has 0 N–H and O–H groups in total. The molecular formula is C13H8N4S. The topological polar surface area (TPSA) is 40.3 Å². The first kappa shape index (κ1) is 9.85. The van der Waals surface area contributed by atoms with Crippen molar-refractivity contribution in [3.63, 3.8) is 0 Å². The van der Waals surface area contributed by atoms with Crippen molar-refractivity contribution < 1.29 is 0 Å². The maximum Gasteiger partial charge on any atom is 0.182 e. The highest BCUT2D eigenvalue weighted by Gasteiger charge is 2.35. The van der Waals surface area contributed by atoms with Gasteiger partial charge in [-0.2, -0.15) is 0 Å². The van der Waals surface area contributed by atoms with Gasteiger partial charge in [0.1, 0.15) is 12.2 Å². The van der Waals surface area contributed by atoms with Crippen LogP contribution in [0.4, 0.5) is 0 Å². The fourth-order valence-corrected chi connectivity index (χ4v) is 3.09. The molecule has 3 aliphatic rings. The van der Waals surface area contributed by atoms with Gasteiger partial charge >= 0.3 is 0 Å². The molecule has 0 spiro atoms. The third-order valence-corrected chi connectivity index (χ3v) is 3.94. The zero-order valence-electron chi connectivity index (χ0n) is 9.32. The Morgan fingerprint density at radius 2 is 1.94 bits per heavy atom. The Bertz CT molecular complexity index is 667. The summed E-state index contributed by atoms with van der Waals surface area (Å²) in [6, 6.07) is 10.2. The Balaban J connectivity index is 1.90. The minimum absolute atomic E-state index is 0.878. The number of amidine groups is 1. The van der Waals surface area contributed by atoms with Crippen LogP contribution >= 0.6 is 11.8 Å². The minimum atomic E-state index is 0.878. The van der Waals surface area contributed by atoms with Crippen LogP contribution in [0.15, 0.2) is 63.0 Å². The van der Waals surface area contributed by atoms with E-state index in [1.807, 2.05) is 29.2 Å². The van der Waals surface area contributed by atoms with Gasteiger partial charge in [0.25, 0.3) is 0 Å². The van der Waals surface area contributed by atoms with Crippen LogP contribution < -0.4 is 0 Å². The lowest BCUT2D eigenvalue weighted by Crippen LogP contribution is -2.26. The second-order valence-corrected chi connectivity index (χ2v) is 4.89. The lowest BCUT2D eigenvalue weighted by molar-refractivity contribution is 0.626. The molecule has 3 heterocycles. The van der Waals surface area contributed by atoms with E-state index >= 15 is 0 Å². The fraction of sp³-hybridized carbons (Fsp3) is 0. The molecular weight excluding hydrogens is 244 g/mol. The van der Waals surface area contributed by atoms with E-state index in [-0.39, 0.29) is 0 Å². The Morgan fingerprint density at radius 1 is 1.06 bits per heavy atom. The molecule has 4 nitrogen and oxygen atoms in total. The van der Waals surface area contributed by atoms with E-state index < -0.39 is 0 Å². The molecule has 18 heavy (non-hydrogen) atoms. The lowest BCUT2D eigenvalue weighted by atomic mass is 10.2. The molecule has 0 aromatic heterocycles. The first-order chi connectivity index (χ1) is 8.93. The van der Waals surface area contributed by atoms with Gasteiger partial charge < -0.3 is 0 Å². The third kappa shape index (κ3) is 1.31. The Hall–Kier alpha value is -2.14. The zero-order valence-corrected chi connectivity index (χ0v) is 10.1. The molecule has 3 aliphatic heterocycles. The minimum Gasteiger partial charge on any atom is -0.255 e. The monoisotopic (exact) mass is 252 g/mol. The molecule has 0 aliphatic carbocycles. The van der Waals surface area contributed by atoms with E-state index in [9.17, 15) is 0 Å². The van der Waals surface area contributed by atoms with Crippen molar-refractivity contribution in [2.75, 3.05) is 0 Å². The van der Waals surface area contributed by atoms with Gasteiger partial charge in [0, 0.05) is 6.21 Å². The summed E-state index contributed by atoms with van der Waals surface area (Å²) < 4.78 is 0. The smallest absolute Gasteiger partial charge is 0.182 e. The van der Waals surface area contributed by atoms with E-state index in [1.54, 1.807) is 24.3 Å². The second-order valence-electron chi connectivity index (χ2n) is 3.92. The Morgan fingerprint density at radius 3 is 2.83 bits per heavy atom. The van der Waals surface area contributed by atoms with Crippen molar-refractivity contribution in [3.05, 3.63) is 53.6 Å². The van der Waals surface area contributed by atoms with Crippen LogP contribution in [0.2, 0.25) is 0 Å². The fourth-order valence-electron chi connectivity index (χ4n) is 2.05. The van der Waals surface area contributed by atoms with Crippen molar-refractivity contribution >= 4 is 34.4 Å². The van der Waals surface area contributed by atoms with Gasteiger partial charge in [0.05, 0.1) is 4.91 Å². The van der Waals surface area contributed by atoms with Crippen LogP contribution in [0.1, 0.15) is 5.56 Å². The SMILES string of the molecule is C1=NC2=CC=NC3=C(c4ccccc4)SC(=N1)N23. The van der Waals surface area contributed by atoms with Crippen LogP contribution in [-0.2, 0) is 0 Å². The number of benzene rings is 1. The predicted molar refractivity (Wildman–Crippen MR) is 75.3 cm³/mol. The largest absolute Gasteiger partial charge is 0.255 e. The van der Waals surface area contributed by atoms with Gasteiger partial charge in [0.15, 0.2) is 11.0 Å². The molecule has 0 radical (unpaired) electrons.